The summed E-state index contributed by atoms with van der Waals surface area (Å²) in [5.41, 5.74) is 3.19. The van der Waals surface area contributed by atoms with Gasteiger partial charge in [0.05, 0.1) is 0 Å². The predicted molar refractivity (Wildman–Crippen MR) is 130 cm³/mol. The first-order valence-corrected chi connectivity index (χ1v) is 15.0. The fraction of sp³-hybridized carbons (Fsp3) is 0.304. The summed E-state index contributed by atoms with van der Waals surface area (Å²) in [6.07, 6.45) is 0. The van der Waals surface area contributed by atoms with Gasteiger partial charge in [-0.2, -0.15) is 0 Å². The molecule has 0 aliphatic heterocycles. The van der Waals surface area contributed by atoms with Crippen molar-refractivity contribution in [2.75, 3.05) is 0 Å². The number of halogens is 2. The molecule has 5 heteroatoms. The average Bonchev–Trinajstić information content (AvgIpc) is 2.77. The van der Waals surface area contributed by atoms with Crippen LogP contribution < -0.4 is 10.6 Å². The molecule has 0 spiro atoms. The zero-order valence-corrected chi connectivity index (χ0v) is 22.2. The Labute approximate surface area is 193 Å². The van der Waals surface area contributed by atoms with E-state index in [4.69, 9.17) is 0 Å². The molecule has 2 aromatic rings. The summed E-state index contributed by atoms with van der Waals surface area (Å²) < 4.78 is 1.48. The van der Waals surface area contributed by atoms with Gasteiger partial charge in [0.25, 0.3) is 0 Å². The van der Waals surface area contributed by atoms with E-state index in [0.717, 1.165) is 0 Å². The summed E-state index contributed by atoms with van der Waals surface area (Å²) in [6.45, 7) is 14.5. The van der Waals surface area contributed by atoms with E-state index in [0.29, 0.717) is 0 Å². The Hall–Kier alpha value is -0.321. The topological polar surface area (TPSA) is 0 Å². The Balaban J connectivity index is 0.00000196. The van der Waals surface area contributed by atoms with E-state index in [1.165, 1.54) is 26.2 Å². The third-order valence-corrected chi connectivity index (χ3v) is 17.5. The zero-order valence-electron chi connectivity index (χ0n) is 17.4. The standard InChI is InChI=1S/C23H28PSi.2ClH.Cr/c1-18-19(2)23(3,4)17-22(18)25(5,6)24(20-13-9-7-10-14-20)21-15-11-8-12-16-21;;;/h7-16H,1-6H3;2*1H;. The molecule has 28 heavy (non-hydrogen) atoms. The molecule has 0 unspecified atom stereocenters. The van der Waals surface area contributed by atoms with Crippen LogP contribution in [0.25, 0.3) is 0 Å². The summed E-state index contributed by atoms with van der Waals surface area (Å²) in [5, 5.41) is 4.65. The van der Waals surface area contributed by atoms with Gasteiger partial charge in [0.15, 0.2) is 0 Å². The second-order valence-electron chi connectivity index (χ2n) is 8.14. The average molecular weight is 488 g/mol. The molecule has 0 amide bonds. The number of hydrogen-bond donors (Lipinski definition) is 0. The molecule has 0 aromatic heterocycles. The first-order valence-electron chi connectivity index (χ1n) is 9.20. The molecular weight excluding hydrogens is 458 g/mol. The van der Waals surface area contributed by atoms with Crippen molar-refractivity contribution in [3.8, 4) is 0 Å². The van der Waals surface area contributed by atoms with Crippen LogP contribution in [0.15, 0.2) is 81.4 Å². The Kier molecular flexibility index (Phi) is 8.87. The van der Waals surface area contributed by atoms with Crippen molar-refractivity contribution in [3.63, 3.8) is 0 Å². The number of benzene rings is 2. The van der Waals surface area contributed by atoms with Gasteiger partial charge < -0.3 is 0 Å². The molecular formula is C23H30Cl2CrPSi. The SMILES string of the molecule is CC1=C(C)C(C)(C)[C]([Cr])=C1[Si](C)(C)P(c1ccccc1)c1ccccc1.Cl.Cl. The van der Waals surface area contributed by atoms with Crippen molar-refractivity contribution in [1.82, 2.24) is 0 Å². The molecule has 0 heterocycles. The van der Waals surface area contributed by atoms with Crippen molar-refractivity contribution in [3.05, 3.63) is 81.4 Å². The Morgan fingerprint density at radius 1 is 0.786 bits per heavy atom. The van der Waals surface area contributed by atoms with Crippen molar-refractivity contribution in [2.24, 2.45) is 5.41 Å². The minimum atomic E-state index is -1.78. The van der Waals surface area contributed by atoms with Gasteiger partial charge in [0.2, 0.25) is 0 Å². The van der Waals surface area contributed by atoms with Crippen LogP contribution in [0.5, 0.6) is 0 Å². The normalized spacial score (nSPS) is 16.1. The number of hydrogen-bond acceptors (Lipinski definition) is 0. The van der Waals surface area contributed by atoms with Crippen LogP contribution in [0.3, 0.4) is 0 Å². The molecule has 0 nitrogen and oxygen atoms in total. The summed E-state index contributed by atoms with van der Waals surface area (Å²) in [5.74, 6) is 0. The molecule has 0 radical (unpaired) electrons. The van der Waals surface area contributed by atoms with Crippen molar-refractivity contribution in [2.45, 2.75) is 40.8 Å². The van der Waals surface area contributed by atoms with Gasteiger partial charge >= 0.3 is 170 Å². The van der Waals surface area contributed by atoms with Gasteiger partial charge in [-0.25, -0.2) is 0 Å². The third-order valence-electron chi connectivity index (χ3n) is 5.87. The predicted octanol–water partition coefficient (Wildman–Crippen LogP) is 6.88. The van der Waals surface area contributed by atoms with Gasteiger partial charge in [0, 0.05) is 0 Å². The molecule has 0 saturated carbocycles. The maximum Gasteiger partial charge on any atom is -0.147 e. The molecule has 1 aliphatic rings. The molecule has 0 atom stereocenters. The monoisotopic (exact) mass is 487 g/mol. The van der Waals surface area contributed by atoms with E-state index in [9.17, 15) is 0 Å². The van der Waals surface area contributed by atoms with Gasteiger partial charge in [-0.05, 0) is 0 Å². The summed E-state index contributed by atoms with van der Waals surface area (Å²) >= 11 is 3.49. The number of rotatable bonds is 4. The van der Waals surface area contributed by atoms with E-state index in [-0.39, 0.29) is 30.2 Å². The molecule has 2 aromatic carbocycles. The van der Waals surface area contributed by atoms with E-state index in [2.05, 4.69) is 118 Å². The largest absolute Gasteiger partial charge is 0.147 e. The molecule has 0 fully saturated rings. The Bertz CT molecular complexity index is 834. The minimum Gasteiger partial charge on any atom is -0.147 e. The summed E-state index contributed by atoms with van der Waals surface area (Å²) in [4.78, 5) is 0. The molecule has 0 saturated heterocycles. The van der Waals surface area contributed by atoms with Crippen molar-refractivity contribution >= 4 is 50.6 Å². The van der Waals surface area contributed by atoms with E-state index in [1.54, 1.807) is 5.20 Å². The molecule has 0 N–H and O–H groups in total. The fourth-order valence-corrected chi connectivity index (χ4v) is 17.2. The quantitative estimate of drug-likeness (QED) is 0.325. The summed E-state index contributed by atoms with van der Waals surface area (Å²) in [6, 6.07) is 22.4. The molecule has 3 rings (SSSR count). The van der Waals surface area contributed by atoms with Crippen LogP contribution in [0.1, 0.15) is 27.7 Å². The maximum atomic E-state index is 3.49. The smallest absolute Gasteiger partial charge is 0.147 e. The summed E-state index contributed by atoms with van der Waals surface area (Å²) in [7, 11) is -2.17. The van der Waals surface area contributed by atoms with E-state index >= 15 is 0 Å². The Morgan fingerprint density at radius 3 is 1.50 bits per heavy atom. The van der Waals surface area contributed by atoms with Crippen molar-refractivity contribution < 1.29 is 16.3 Å². The molecule has 0 bridgehead atoms. The third kappa shape index (κ3) is 4.39. The second kappa shape index (κ2) is 9.66. The first-order chi connectivity index (χ1) is 12.2. The maximum absolute atomic E-state index is 3.49. The van der Waals surface area contributed by atoms with Crippen molar-refractivity contribution in [1.29, 1.82) is 0 Å². The van der Waals surface area contributed by atoms with Crippen LogP contribution in [0, 0.1) is 5.41 Å². The van der Waals surface area contributed by atoms with Gasteiger partial charge in [-0.3, -0.25) is 0 Å². The van der Waals surface area contributed by atoms with Crippen LogP contribution in [-0.2, 0) is 16.3 Å². The van der Waals surface area contributed by atoms with Crippen LogP contribution in [0.4, 0.5) is 0 Å². The van der Waals surface area contributed by atoms with Crippen LogP contribution >= 0.6 is 32.3 Å². The van der Waals surface area contributed by atoms with Crippen LogP contribution in [0.2, 0.25) is 13.1 Å². The zero-order chi connectivity index (χ0) is 19.1. The van der Waals surface area contributed by atoms with Gasteiger partial charge in [0.1, 0.15) is 0 Å². The Morgan fingerprint density at radius 2 is 1.18 bits per heavy atom. The minimum absolute atomic E-state index is 0. The van der Waals surface area contributed by atoms with Gasteiger partial charge in [-0.1, -0.05) is 0 Å². The van der Waals surface area contributed by atoms with E-state index in [1.807, 2.05) is 0 Å². The molecule has 151 valence electrons. The molecule has 1 aliphatic carbocycles. The van der Waals surface area contributed by atoms with Crippen LogP contribution in [-0.4, -0.2) is 7.74 Å². The van der Waals surface area contributed by atoms with E-state index < -0.39 is 15.2 Å². The fourth-order valence-electron chi connectivity index (χ4n) is 4.11. The first kappa shape index (κ1) is 25.7. The second-order valence-corrected chi connectivity index (χ2v) is 18.8. The number of allylic oxidation sites excluding steroid dienone is 4. The van der Waals surface area contributed by atoms with Gasteiger partial charge in [-0.15, -0.1) is 24.8 Å².